The van der Waals surface area contributed by atoms with Gasteiger partial charge in [0.2, 0.25) is 0 Å². The maximum atomic E-state index is 12.6. The second-order valence-corrected chi connectivity index (χ2v) is 4.49. The van der Waals surface area contributed by atoms with Gasteiger partial charge in [0.1, 0.15) is 5.82 Å². The number of hydrogen-bond acceptors (Lipinski definition) is 3. The van der Waals surface area contributed by atoms with E-state index < -0.39 is 6.55 Å². The van der Waals surface area contributed by atoms with Gasteiger partial charge in [-0.3, -0.25) is 4.57 Å². The molecule has 0 saturated carbocycles. The van der Waals surface area contributed by atoms with Gasteiger partial charge < -0.3 is 5.32 Å². The molecule has 0 aliphatic rings. The molecule has 18 heavy (non-hydrogen) atoms. The summed E-state index contributed by atoms with van der Waals surface area (Å²) in [5.74, 6) is 0.318. The number of nitrogens with zero attached hydrogens (tertiary/aromatic N) is 2. The van der Waals surface area contributed by atoms with Crippen molar-refractivity contribution in [3.63, 3.8) is 0 Å². The summed E-state index contributed by atoms with van der Waals surface area (Å²) in [6.07, 6.45) is 4.65. The highest BCUT2D eigenvalue weighted by Crippen LogP contribution is 2.18. The predicted octanol–water partition coefficient (Wildman–Crippen LogP) is 3.61. The first-order chi connectivity index (χ1) is 8.70. The van der Waals surface area contributed by atoms with E-state index >= 15 is 0 Å². The fourth-order valence-corrected chi connectivity index (χ4v) is 1.96. The van der Waals surface area contributed by atoms with Crippen LogP contribution in [0.1, 0.15) is 12.4 Å². The van der Waals surface area contributed by atoms with Crippen molar-refractivity contribution in [3.8, 4) is 0 Å². The number of nitrogens with one attached hydrogen (secondary N) is 1. The Morgan fingerprint density at radius 3 is 2.67 bits per heavy atom. The van der Waals surface area contributed by atoms with Gasteiger partial charge in [-0.15, -0.1) is 11.8 Å². The van der Waals surface area contributed by atoms with Gasteiger partial charge in [0.25, 0.3) is 0 Å². The summed E-state index contributed by atoms with van der Waals surface area (Å²) < 4.78 is 26.0. The number of alkyl halides is 2. The van der Waals surface area contributed by atoms with E-state index in [0.717, 1.165) is 15.1 Å². The second-order valence-electron chi connectivity index (χ2n) is 3.61. The molecular formula is C12H13F2N3S. The minimum Gasteiger partial charge on any atom is -0.378 e. The molecule has 0 saturated heterocycles. The molecule has 96 valence electrons. The minimum absolute atomic E-state index is 0.274. The van der Waals surface area contributed by atoms with Crippen molar-refractivity contribution in [2.24, 2.45) is 0 Å². The van der Waals surface area contributed by atoms with Gasteiger partial charge in [-0.05, 0) is 30.5 Å². The molecule has 3 nitrogen and oxygen atoms in total. The quantitative estimate of drug-likeness (QED) is 0.841. The Kier molecular flexibility index (Phi) is 4.19. The number of benzene rings is 1. The van der Waals surface area contributed by atoms with E-state index in [-0.39, 0.29) is 6.54 Å². The molecule has 2 aromatic rings. The lowest BCUT2D eigenvalue weighted by Crippen LogP contribution is -2.08. The highest BCUT2D eigenvalue weighted by molar-refractivity contribution is 7.98. The Morgan fingerprint density at radius 1 is 1.33 bits per heavy atom. The Bertz CT molecular complexity index is 496. The molecule has 0 unspecified atom stereocenters. The van der Waals surface area contributed by atoms with Crippen LogP contribution in [0.4, 0.5) is 14.5 Å². The molecule has 0 spiro atoms. The van der Waals surface area contributed by atoms with E-state index in [2.05, 4.69) is 10.3 Å². The zero-order valence-corrected chi connectivity index (χ0v) is 10.6. The Hall–Kier alpha value is -1.56. The summed E-state index contributed by atoms with van der Waals surface area (Å²) in [6.45, 7) is -2.28. The van der Waals surface area contributed by atoms with E-state index in [9.17, 15) is 8.78 Å². The monoisotopic (exact) mass is 269 g/mol. The number of rotatable bonds is 5. The fraction of sp³-hybridized carbons (Fsp3) is 0.250. The van der Waals surface area contributed by atoms with Gasteiger partial charge in [-0.1, -0.05) is 0 Å². The van der Waals surface area contributed by atoms with E-state index in [1.165, 1.54) is 12.4 Å². The van der Waals surface area contributed by atoms with Crippen molar-refractivity contribution in [2.45, 2.75) is 18.0 Å². The normalized spacial score (nSPS) is 10.9. The van der Waals surface area contributed by atoms with Crippen LogP contribution < -0.4 is 5.32 Å². The van der Waals surface area contributed by atoms with Gasteiger partial charge in [0, 0.05) is 23.0 Å². The number of anilines is 1. The Balaban J connectivity index is 2.00. The van der Waals surface area contributed by atoms with E-state index in [1.54, 1.807) is 11.8 Å². The first kappa shape index (κ1) is 12.9. The van der Waals surface area contributed by atoms with E-state index in [0.29, 0.717) is 5.82 Å². The molecule has 0 radical (unpaired) electrons. The van der Waals surface area contributed by atoms with Crippen LogP contribution in [-0.2, 0) is 6.54 Å². The van der Waals surface area contributed by atoms with Gasteiger partial charge in [-0.2, -0.15) is 8.78 Å². The molecule has 0 aliphatic carbocycles. The molecular weight excluding hydrogens is 256 g/mol. The predicted molar refractivity (Wildman–Crippen MR) is 69.0 cm³/mol. The number of imidazole rings is 1. The summed E-state index contributed by atoms with van der Waals surface area (Å²) in [4.78, 5) is 5.06. The van der Waals surface area contributed by atoms with E-state index in [1.807, 2.05) is 30.5 Å². The molecule has 0 bridgehead atoms. The maximum absolute atomic E-state index is 12.6. The first-order valence-electron chi connectivity index (χ1n) is 5.38. The highest BCUT2D eigenvalue weighted by atomic mass is 32.2. The number of thioether (sulfide) groups is 1. The molecule has 6 heteroatoms. The van der Waals surface area contributed by atoms with Crippen LogP contribution in [0.25, 0.3) is 0 Å². The lowest BCUT2D eigenvalue weighted by molar-refractivity contribution is 0.0673. The van der Waals surface area contributed by atoms with Crippen LogP contribution in [-0.4, -0.2) is 15.8 Å². The average Bonchev–Trinajstić information content (AvgIpc) is 2.85. The number of aromatic nitrogens is 2. The molecule has 0 atom stereocenters. The largest absolute Gasteiger partial charge is 0.378 e. The average molecular weight is 269 g/mol. The first-order valence-corrected chi connectivity index (χ1v) is 6.61. The Labute approximate surface area is 108 Å². The van der Waals surface area contributed by atoms with Crippen molar-refractivity contribution in [2.75, 3.05) is 11.6 Å². The molecule has 1 heterocycles. The topological polar surface area (TPSA) is 29.9 Å². The lowest BCUT2D eigenvalue weighted by atomic mass is 10.3. The molecule has 0 aliphatic heterocycles. The second kappa shape index (κ2) is 5.86. The molecule has 2 rings (SSSR count). The molecule has 0 fully saturated rings. The third-order valence-electron chi connectivity index (χ3n) is 2.50. The van der Waals surface area contributed by atoms with Gasteiger partial charge in [0.05, 0.1) is 6.54 Å². The number of halogens is 2. The molecule has 1 aromatic carbocycles. The summed E-state index contributed by atoms with van der Waals surface area (Å²) in [5.41, 5.74) is 0.886. The van der Waals surface area contributed by atoms with Crippen molar-refractivity contribution in [3.05, 3.63) is 42.5 Å². The smallest absolute Gasteiger partial charge is 0.319 e. The maximum Gasteiger partial charge on any atom is 0.319 e. The Morgan fingerprint density at radius 2 is 2.06 bits per heavy atom. The number of hydrogen-bond donors (Lipinski definition) is 1. The van der Waals surface area contributed by atoms with Crippen molar-refractivity contribution < 1.29 is 8.78 Å². The molecule has 1 N–H and O–H groups in total. The van der Waals surface area contributed by atoms with Crippen molar-refractivity contribution in [1.29, 1.82) is 0 Å². The SMILES string of the molecule is CSc1ccc(NCc2nccn2C(F)F)cc1. The zero-order valence-electron chi connectivity index (χ0n) is 9.81. The van der Waals surface area contributed by atoms with Crippen LogP contribution in [0.3, 0.4) is 0 Å². The summed E-state index contributed by atoms with van der Waals surface area (Å²) in [5, 5.41) is 3.07. The van der Waals surface area contributed by atoms with Crippen molar-refractivity contribution >= 4 is 17.4 Å². The molecule has 0 amide bonds. The van der Waals surface area contributed by atoms with Gasteiger partial charge >= 0.3 is 6.55 Å². The highest BCUT2D eigenvalue weighted by Gasteiger charge is 2.10. The van der Waals surface area contributed by atoms with E-state index in [4.69, 9.17) is 0 Å². The van der Waals surface area contributed by atoms with Crippen LogP contribution in [0.2, 0.25) is 0 Å². The standard InChI is InChI=1S/C12H13F2N3S/c1-18-10-4-2-9(3-5-10)16-8-11-15-6-7-17(11)12(13)14/h2-7,12,16H,8H2,1H3. The van der Waals surface area contributed by atoms with Gasteiger partial charge in [0.15, 0.2) is 0 Å². The minimum atomic E-state index is -2.55. The molecule has 1 aromatic heterocycles. The van der Waals surface area contributed by atoms with Crippen LogP contribution in [0.15, 0.2) is 41.6 Å². The van der Waals surface area contributed by atoms with Crippen LogP contribution >= 0.6 is 11.8 Å². The van der Waals surface area contributed by atoms with Crippen LogP contribution in [0.5, 0.6) is 0 Å². The third-order valence-corrected chi connectivity index (χ3v) is 3.24. The summed E-state index contributed by atoms with van der Waals surface area (Å²) in [7, 11) is 0. The zero-order chi connectivity index (χ0) is 13.0. The van der Waals surface area contributed by atoms with Crippen LogP contribution in [0, 0.1) is 0 Å². The third kappa shape index (κ3) is 3.01. The van der Waals surface area contributed by atoms with Gasteiger partial charge in [-0.25, -0.2) is 4.98 Å². The lowest BCUT2D eigenvalue weighted by Gasteiger charge is -2.09. The summed E-state index contributed by atoms with van der Waals surface area (Å²) in [6, 6.07) is 7.79. The fourth-order valence-electron chi connectivity index (χ4n) is 1.55. The van der Waals surface area contributed by atoms with Crippen molar-refractivity contribution in [1.82, 2.24) is 9.55 Å². The summed E-state index contributed by atoms with van der Waals surface area (Å²) >= 11 is 1.66.